The Labute approximate surface area is 204 Å². The van der Waals surface area contributed by atoms with Gasteiger partial charge in [-0.15, -0.1) is 0 Å². The van der Waals surface area contributed by atoms with Crippen LogP contribution in [0.1, 0.15) is 25.7 Å². The van der Waals surface area contributed by atoms with E-state index in [9.17, 15) is 23.1 Å². The average Bonchev–Trinajstić information content (AvgIpc) is 3.36. The van der Waals surface area contributed by atoms with Gasteiger partial charge in [-0.05, 0) is 48.6 Å². The molecule has 0 aliphatic carbocycles. The normalized spacial score (nSPS) is 17.1. The molecule has 1 heterocycles. The number of aliphatic hydroxyl groups is 1. The highest BCUT2D eigenvalue weighted by Gasteiger charge is 2.38. The van der Waals surface area contributed by atoms with E-state index >= 15 is 0 Å². The zero-order chi connectivity index (χ0) is 25.3. The summed E-state index contributed by atoms with van der Waals surface area (Å²) < 4.78 is 28.2. The van der Waals surface area contributed by atoms with Gasteiger partial charge < -0.3 is 26.5 Å². The molecule has 0 saturated carbocycles. The molecule has 2 atom stereocenters. The topological polar surface area (TPSA) is 166 Å². The van der Waals surface area contributed by atoms with E-state index < -0.39 is 34.6 Å². The molecule has 2 amide bonds. The van der Waals surface area contributed by atoms with Crippen LogP contribution in [0.4, 0.5) is 0 Å². The molecule has 6 N–H and O–H groups in total. The first kappa shape index (κ1) is 26.4. The number of rotatable bonds is 12. The first-order chi connectivity index (χ1) is 16.9. The number of carbonyl (C=O) groups is 2. The van der Waals surface area contributed by atoms with Gasteiger partial charge in [0.05, 0.1) is 11.5 Å². The number of nitrogens with two attached hydrogens (primary N) is 1. The third-order valence-corrected chi connectivity index (χ3v) is 7.33. The standard InChI is InChI=1S/C23H32N6O5S/c24-27-16-25-11-3-4-12-26-22(31)21-8-5-13-29(21)23(32)20(15-30)28-35(33,34)19-10-9-17-6-1-2-7-18(17)14-19/h1-2,6-7,9-10,14,16,20-21,28,30H,3-5,8,11-13,15,24H2,(H,25,27)(H,26,31)/t20-,21-/m0/s1. The van der Waals surface area contributed by atoms with Crippen LogP contribution in [0.5, 0.6) is 0 Å². The van der Waals surface area contributed by atoms with Crippen molar-refractivity contribution in [1.82, 2.24) is 20.3 Å². The zero-order valence-corrected chi connectivity index (χ0v) is 20.2. The number of fused-ring (bicyclic) bond motifs is 1. The predicted molar refractivity (Wildman–Crippen MR) is 133 cm³/mol. The van der Waals surface area contributed by atoms with Crippen LogP contribution in [0.2, 0.25) is 0 Å². The number of hydrogen-bond donors (Lipinski definition) is 5. The molecule has 1 aliphatic heterocycles. The lowest BCUT2D eigenvalue weighted by molar-refractivity contribution is -0.140. The van der Waals surface area contributed by atoms with E-state index in [4.69, 9.17) is 5.84 Å². The van der Waals surface area contributed by atoms with Crippen molar-refractivity contribution in [3.63, 3.8) is 0 Å². The lowest BCUT2D eigenvalue weighted by atomic mass is 10.1. The highest BCUT2D eigenvalue weighted by molar-refractivity contribution is 7.89. The van der Waals surface area contributed by atoms with Gasteiger partial charge in [-0.3, -0.25) is 9.59 Å². The number of nitrogens with zero attached hydrogens (tertiary/aromatic N) is 2. The highest BCUT2D eigenvalue weighted by atomic mass is 32.2. The fraction of sp³-hybridized carbons (Fsp3) is 0.435. The molecule has 35 heavy (non-hydrogen) atoms. The fourth-order valence-corrected chi connectivity index (χ4v) is 5.27. The second-order valence-corrected chi connectivity index (χ2v) is 10.00. The summed E-state index contributed by atoms with van der Waals surface area (Å²) >= 11 is 0. The number of benzene rings is 2. The van der Waals surface area contributed by atoms with Gasteiger partial charge in [0.25, 0.3) is 0 Å². The Kier molecular flexibility index (Phi) is 9.40. The van der Waals surface area contributed by atoms with Crippen LogP contribution < -0.4 is 21.2 Å². The van der Waals surface area contributed by atoms with Crippen molar-refractivity contribution < 1.29 is 23.1 Å². The van der Waals surface area contributed by atoms with Crippen LogP contribution in [-0.4, -0.2) is 74.9 Å². The van der Waals surface area contributed by atoms with Gasteiger partial charge in [-0.1, -0.05) is 30.3 Å². The maximum atomic E-state index is 13.1. The molecule has 3 rings (SSSR count). The summed E-state index contributed by atoms with van der Waals surface area (Å²) in [4.78, 5) is 27.1. The second-order valence-electron chi connectivity index (χ2n) is 8.29. The monoisotopic (exact) mass is 504 g/mol. The van der Waals surface area contributed by atoms with Crippen molar-refractivity contribution in [3.8, 4) is 0 Å². The maximum absolute atomic E-state index is 13.1. The fourth-order valence-electron chi connectivity index (χ4n) is 4.06. The number of likely N-dealkylation sites (tertiary alicyclic amines) is 1. The van der Waals surface area contributed by atoms with Crippen molar-refractivity contribution in [2.24, 2.45) is 10.9 Å². The molecule has 190 valence electrons. The first-order valence-corrected chi connectivity index (χ1v) is 13.0. The number of hydrazone groups is 1. The SMILES string of the molecule is NN=CNCCCCNC(=O)[C@@H]1CCCN1C(=O)[C@H](CO)NS(=O)(=O)c1ccc2ccccc2c1. The molecule has 0 bridgehead atoms. The van der Waals surface area contributed by atoms with E-state index in [1.54, 1.807) is 18.2 Å². The van der Waals surface area contributed by atoms with Crippen molar-refractivity contribution in [1.29, 1.82) is 0 Å². The average molecular weight is 505 g/mol. The Morgan fingerprint density at radius 3 is 2.66 bits per heavy atom. The molecular weight excluding hydrogens is 472 g/mol. The number of unbranched alkanes of at least 4 members (excludes halogenated alkanes) is 1. The van der Waals surface area contributed by atoms with E-state index in [-0.39, 0.29) is 10.8 Å². The van der Waals surface area contributed by atoms with E-state index in [0.717, 1.165) is 23.6 Å². The van der Waals surface area contributed by atoms with E-state index in [1.165, 1.54) is 23.4 Å². The Morgan fingerprint density at radius 2 is 1.91 bits per heavy atom. The van der Waals surface area contributed by atoms with Crippen LogP contribution >= 0.6 is 0 Å². The summed E-state index contributed by atoms with van der Waals surface area (Å²) in [5.74, 6) is 4.08. The number of amides is 2. The molecule has 11 nitrogen and oxygen atoms in total. The Morgan fingerprint density at radius 1 is 1.17 bits per heavy atom. The quantitative estimate of drug-likeness (QED) is 0.0882. The summed E-state index contributed by atoms with van der Waals surface area (Å²) in [5, 5.41) is 20.5. The van der Waals surface area contributed by atoms with Crippen LogP contribution in [-0.2, 0) is 19.6 Å². The second kappa shape index (κ2) is 12.5. The summed E-state index contributed by atoms with van der Waals surface area (Å²) in [6.07, 6.45) is 4.00. The molecule has 1 aliphatic rings. The summed E-state index contributed by atoms with van der Waals surface area (Å²) in [5.41, 5.74) is 0. The number of nitrogens with one attached hydrogen (secondary N) is 3. The minimum atomic E-state index is -4.08. The number of aliphatic hydroxyl groups excluding tert-OH is 1. The van der Waals surface area contributed by atoms with Crippen LogP contribution in [0.3, 0.4) is 0 Å². The van der Waals surface area contributed by atoms with Crippen molar-refractivity contribution >= 4 is 38.9 Å². The molecule has 2 aromatic carbocycles. The molecule has 12 heteroatoms. The molecule has 2 aromatic rings. The van der Waals surface area contributed by atoms with Gasteiger partial charge in [-0.25, -0.2) is 8.42 Å². The van der Waals surface area contributed by atoms with Gasteiger partial charge in [0.1, 0.15) is 18.4 Å². The Hall–Kier alpha value is -3.22. The van der Waals surface area contributed by atoms with Gasteiger partial charge >= 0.3 is 0 Å². The highest BCUT2D eigenvalue weighted by Crippen LogP contribution is 2.21. The molecule has 0 radical (unpaired) electrons. The zero-order valence-electron chi connectivity index (χ0n) is 19.4. The minimum Gasteiger partial charge on any atom is -0.394 e. The molecular formula is C23H32N6O5S. The lowest BCUT2D eigenvalue weighted by Crippen LogP contribution is -2.54. The number of carbonyl (C=O) groups excluding carboxylic acids is 2. The van der Waals surface area contributed by atoms with Crippen molar-refractivity contribution in [2.75, 3.05) is 26.2 Å². The van der Waals surface area contributed by atoms with Crippen molar-refractivity contribution in [3.05, 3.63) is 42.5 Å². The third kappa shape index (κ3) is 6.90. The molecule has 0 aromatic heterocycles. The first-order valence-electron chi connectivity index (χ1n) is 11.5. The predicted octanol–water partition coefficient (Wildman–Crippen LogP) is -0.142. The van der Waals surface area contributed by atoms with Gasteiger partial charge in [-0.2, -0.15) is 9.82 Å². The van der Waals surface area contributed by atoms with Gasteiger partial charge in [0, 0.05) is 19.6 Å². The molecule has 1 fully saturated rings. The van der Waals surface area contributed by atoms with Crippen molar-refractivity contribution in [2.45, 2.75) is 42.7 Å². The van der Waals surface area contributed by atoms with Crippen LogP contribution in [0.15, 0.2) is 52.5 Å². The van der Waals surface area contributed by atoms with E-state index in [0.29, 0.717) is 32.5 Å². The smallest absolute Gasteiger partial charge is 0.243 e. The minimum absolute atomic E-state index is 0.00890. The molecule has 0 unspecified atom stereocenters. The van der Waals surface area contributed by atoms with Gasteiger partial charge in [0.2, 0.25) is 21.8 Å². The van der Waals surface area contributed by atoms with E-state index in [2.05, 4.69) is 20.5 Å². The van der Waals surface area contributed by atoms with Gasteiger partial charge in [0.15, 0.2) is 0 Å². The third-order valence-electron chi connectivity index (χ3n) is 5.86. The number of hydrogen-bond acceptors (Lipinski definition) is 7. The Bertz CT molecular complexity index is 1160. The summed E-state index contributed by atoms with van der Waals surface area (Å²) in [6.45, 7) is 0.694. The largest absolute Gasteiger partial charge is 0.394 e. The summed E-state index contributed by atoms with van der Waals surface area (Å²) in [7, 11) is -4.08. The molecule has 0 spiro atoms. The lowest BCUT2D eigenvalue weighted by Gasteiger charge is -2.28. The molecule has 1 saturated heterocycles. The van der Waals surface area contributed by atoms with Crippen LogP contribution in [0, 0.1) is 0 Å². The summed E-state index contributed by atoms with van der Waals surface area (Å²) in [6, 6.07) is 9.87. The number of sulfonamides is 1. The maximum Gasteiger partial charge on any atom is 0.243 e. The van der Waals surface area contributed by atoms with Crippen LogP contribution in [0.25, 0.3) is 10.8 Å². The Balaban J connectivity index is 1.60. The van der Waals surface area contributed by atoms with E-state index in [1.807, 2.05) is 12.1 Å².